The van der Waals surface area contributed by atoms with Crippen molar-refractivity contribution in [2.75, 3.05) is 33.4 Å². The highest BCUT2D eigenvalue weighted by atomic mass is 35.5. The molecule has 0 unspecified atom stereocenters. The lowest BCUT2D eigenvalue weighted by Gasteiger charge is -2.40. The lowest BCUT2D eigenvalue weighted by Crippen LogP contribution is -2.42. The van der Waals surface area contributed by atoms with Crippen molar-refractivity contribution in [1.29, 1.82) is 0 Å². The first kappa shape index (κ1) is 23.5. The third-order valence-corrected chi connectivity index (χ3v) is 7.06. The van der Waals surface area contributed by atoms with Gasteiger partial charge in [-0.3, -0.25) is 14.9 Å². The number of aliphatic hydroxyl groups is 1. The van der Waals surface area contributed by atoms with Crippen molar-refractivity contribution in [3.8, 4) is 17.6 Å². The van der Waals surface area contributed by atoms with Gasteiger partial charge in [-0.25, -0.2) is 0 Å². The number of aryl methyl sites for hydroxylation is 1. The minimum absolute atomic E-state index is 0.0258. The number of halogens is 1. The van der Waals surface area contributed by atoms with Gasteiger partial charge in [-0.05, 0) is 86.5 Å². The Kier molecular flexibility index (Phi) is 7.82. The molecule has 1 aromatic carbocycles. The van der Waals surface area contributed by atoms with E-state index in [0.29, 0.717) is 5.02 Å². The predicted octanol–water partition coefficient (Wildman–Crippen LogP) is 4.74. The van der Waals surface area contributed by atoms with E-state index in [9.17, 15) is 5.11 Å². The lowest BCUT2D eigenvalue weighted by molar-refractivity contribution is 0.0401. The molecule has 1 fully saturated rings. The molecule has 1 aliphatic heterocycles. The molecular weight excluding hydrogens is 434 g/mol. The normalized spacial score (nSPS) is 15.7. The molecular formula is C27H30ClN3O2. The highest BCUT2D eigenvalue weighted by Crippen LogP contribution is 2.37. The summed E-state index contributed by atoms with van der Waals surface area (Å²) in [5.41, 5.74) is 3.00. The molecule has 0 aliphatic carbocycles. The second-order valence-electron chi connectivity index (χ2n) is 8.79. The summed E-state index contributed by atoms with van der Waals surface area (Å²) in [6, 6.07) is 9.75. The first-order valence-electron chi connectivity index (χ1n) is 11.5. The molecule has 0 amide bonds. The van der Waals surface area contributed by atoms with E-state index in [2.05, 4.69) is 26.7 Å². The predicted molar refractivity (Wildman–Crippen MR) is 133 cm³/mol. The summed E-state index contributed by atoms with van der Waals surface area (Å²) in [6.07, 6.45) is 10.0. The van der Waals surface area contributed by atoms with Crippen molar-refractivity contribution >= 4 is 22.5 Å². The van der Waals surface area contributed by atoms with Gasteiger partial charge in [-0.15, -0.1) is 0 Å². The van der Waals surface area contributed by atoms with Crippen LogP contribution in [0.1, 0.15) is 36.8 Å². The molecule has 2 aromatic heterocycles. The number of rotatable bonds is 7. The second kappa shape index (κ2) is 11.0. The number of aliphatic hydroxyl groups excluding tert-OH is 1. The minimum atomic E-state index is -0.0258. The number of ether oxygens (including phenoxy) is 1. The highest BCUT2D eigenvalue weighted by Gasteiger charge is 2.33. The summed E-state index contributed by atoms with van der Waals surface area (Å²) in [7, 11) is 1.67. The number of methoxy groups -OCH3 is 1. The van der Waals surface area contributed by atoms with Crippen molar-refractivity contribution in [1.82, 2.24) is 14.9 Å². The van der Waals surface area contributed by atoms with Gasteiger partial charge in [0.2, 0.25) is 0 Å². The molecule has 33 heavy (non-hydrogen) atoms. The average molecular weight is 464 g/mol. The number of nitrogens with zero attached hydrogens (tertiary/aromatic N) is 3. The fraction of sp³-hybridized carbons (Fsp3) is 0.407. The van der Waals surface area contributed by atoms with Crippen LogP contribution in [0.3, 0.4) is 0 Å². The maximum absolute atomic E-state index is 10.2. The molecule has 6 heteroatoms. The van der Waals surface area contributed by atoms with Crippen molar-refractivity contribution in [3.63, 3.8) is 0 Å². The van der Waals surface area contributed by atoms with Gasteiger partial charge < -0.3 is 9.84 Å². The SMILES string of the molecule is COc1ccc2ncc(Cl)c(CCCC3(CO)CCN(CC#Cc4ccncc4)CC3)c2c1. The summed E-state index contributed by atoms with van der Waals surface area (Å²) in [5.74, 6) is 7.27. The molecule has 3 heterocycles. The smallest absolute Gasteiger partial charge is 0.119 e. The molecule has 0 saturated carbocycles. The molecule has 172 valence electrons. The zero-order chi connectivity index (χ0) is 23.1. The average Bonchev–Trinajstić information content (AvgIpc) is 2.86. The summed E-state index contributed by atoms with van der Waals surface area (Å²) >= 11 is 6.53. The number of likely N-dealkylation sites (tertiary alicyclic amines) is 1. The number of hydrogen-bond donors (Lipinski definition) is 1. The molecule has 1 aliphatic rings. The van der Waals surface area contributed by atoms with Gasteiger partial charge in [-0.1, -0.05) is 23.4 Å². The largest absolute Gasteiger partial charge is 0.497 e. The monoisotopic (exact) mass is 463 g/mol. The molecule has 0 bridgehead atoms. The van der Waals surface area contributed by atoms with E-state index in [-0.39, 0.29) is 12.0 Å². The molecule has 4 rings (SSSR count). The molecule has 1 saturated heterocycles. The maximum Gasteiger partial charge on any atom is 0.119 e. The minimum Gasteiger partial charge on any atom is -0.497 e. The van der Waals surface area contributed by atoms with Gasteiger partial charge in [0.15, 0.2) is 0 Å². The van der Waals surface area contributed by atoms with Crippen LogP contribution < -0.4 is 4.74 Å². The quantitative estimate of drug-likeness (QED) is 0.513. The maximum atomic E-state index is 10.2. The Labute approximate surface area is 200 Å². The Hall–Kier alpha value is -2.65. The summed E-state index contributed by atoms with van der Waals surface area (Å²) < 4.78 is 5.39. The Bertz CT molecular complexity index is 1130. The second-order valence-corrected chi connectivity index (χ2v) is 9.20. The van der Waals surface area contributed by atoms with Crippen LogP contribution in [0.4, 0.5) is 0 Å². The van der Waals surface area contributed by atoms with Crippen LogP contribution in [0.15, 0.2) is 48.9 Å². The third kappa shape index (κ3) is 5.83. The number of piperidine rings is 1. The zero-order valence-electron chi connectivity index (χ0n) is 19.1. The number of hydrogen-bond acceptors (Lipinski definition) is 5. The zero-order valence-corrected chi connectivity index (χ0v) is 19.8. The van der Waals surface area contributed by atoms with E-state index < -0.39 is 0 Å². The van der Waals surface area contributed by atoms with Gasteiger partial charge >= 0.3 is 0 Å². The Morgan fingerprint density at radius 3 is 2.70 bits per heavy atom. The number of aromatic nitrogens is 2. The summed E-state index contributed by atoms with van der Waals surface area (Å²) in [5, 5.41) is 12.0. The summed E-state index contributed by atoms with van der Waals surface area (Å²) in [4.78, 5) is 10.8. The lowest BCUT2D eigenvalue weighted by atomic mass is 9.75. The van der Waals surface area contributed by atoms with Crippen molar-refractivity contribution in [2.45, 2.75) is 32.1 Å². The van der Waals surface area contributed by atoms with Crippen LogP contribution in [-0.2, 0) is 6.42 Å². The first-order chi connectivity index (χ1) is 16.1. The molecule has 3 aromatic rings. The highest BCUT2D eigenvalue weighted by molar-refractivity contribution is 6.32. The van der Waals surface area contributed by atoms with Crippen LogP contribution in [-0.4, -0.2) is 53.3 Å². The van der Waals surface area contributed by atoms with Crippen LogP contribution in [0.5, 0.6) is 5.75 Å². The fourth-order valence-electron chi connectivity index (χ4n) is 4.58. The van der Waals surface area contributed by atoms with Crippen molar-refractivity contribution in [3.05, 3.63) is 65.1 Å². The molecule has 1 N–H and O–H groups in total. The number of fused-ring (bicyclic) bond motifs is 1. The third-order valence-electron chi connectivity index (χ3n) is 6.74. The number of benzene rings is 1. The van der Waals surface area contributed by atoms with Crippen LogP contribution in [0, 0.1) is 17.3 Å². The molecule has 0 radical (unpaired) electrons. The van der Waals surface area contributed by atoms with Gasteiger partial charge in [0, 0.05) is 36.1 Å². The van der Waals surface area contributed by atoms with E-state index in [1.54, 1.807) is 25.7 Å². The fourth-order valence-corrected chi connectivity index (χ4v) is 4.83. The Morgan fingerprint density at radius 2 is 1.97 bits per heavy atom. The van der Waals surface area contributed by atoms with E-state index >= 15 is 0 Å². The van der Waals surface area contributed by atoms with Gasteiger partial charge in [-0.2, -0.15) is 0 Å². The van der Waals surface area contributed by atoms with E-state index in [4.69, 9.17) is 16.3 Å². The van der Waals surface area contributed by atoms with Gasteiger partial charge in [0.05, 0.1) is 24.2 Å². The number of pyridine rings is 2. The van der Waals surface area contributed by atoms with Crippen LogP contribution in [0.25, 0.3) is 10.9 Å². The van der Waals surface area contributed by atoms with E-state index in [1.807, 2.05) is 30.3 Å². The van der Waals surface area contributed by atoms with Gasteiger partial charge in [0.1, 0.15) is 5.75 Å². The van der Waals surface area contributed by atoms with Crippen LogP contribution in [0.2, 0.25) is 5.02 Å². The van der Waals surface area contributed by atoms with Crippen molar-refractivity contribution < 1.29 is 9.84 Å². The summed E-state index contributed by atoms with van der Waals surface area (Å²) in [6.45, 7) is 2.90. The standard InChI is InChI=1S/C27H30ClN3O2/c1-33-22-6-7-26-24(18-22)23(25(28)19-30-26)5-2-10-27(20-32)11-16-31(17-12-27)15-3-4-21-8-13-29-14-9-21/h6-9,13-14,18-19,32H,2,5,10-12,15-17,20H2,1H3. The topological polar surface area (TPSA) is 58.5 Å². The molecule has 0 spiro atoms. The van der Waals surface area contributed by atoms with E-state index in [0.717, 1.165) is 79.5 Å². The van der Waals surface area contributed by atoms with Gasteiger partial charge in [0.25, 0.3) is 0 Å². The Morgan fingerprint density at radius 1 is 1.18 bits per heavy atom. The van der Waals surface area contributed by atoms with Crippen LogP contribution >= 0.6 is 11.6 Å². The molecule has 0 atom stereocenters. The first-order valence-corrected chi connectivity index (χ1v) is 11.8. The Balaban J connectivity index is 1.34. The van der Waals surface area contributed by atoms with Crippen molar-refractivity contribution in [2.24, 2.45) is 5.41 Å². The molecule has 5 nitrogen and oxygen atoms in total. The van der Waals surface area contributed by atoms with E-state index in [1.165, 1.54) is 0 Å².